The maximum atomic E-state index is 11.4. The van der Waals surface area contributed by atoms with E-state index in [1.807, 2.05) is 26.0 Å². The van der Waals surface area contributed by atoms with E-state index in [1.165, 1.54) is 22.5 Å². The number of anilines is 1. The molecule has 2 aromatic carbocycles. The van der Waals surface area contributed by atoms with Crippen molar-refractivity contribution in [3.05, 3.63) is 41.5 Å². The van der Waals surface area contributed by atoms with Gasteiger partial charge in [0.15, 0.2) is 11.5 Å². The highest BCUT2D eigenvalue weighted by Crippen LogP contribution is 2.43. The lowest BCUT2D eigenvalue weighted by atomic mass is 9.93. The minimum absolute atomic E-state index is 0.256. The molecule has 0 fully saturated rings. The Kier molecular flexibility index (Phi) is 7.48. The van der Waals surface area contributed by atoms with E-state index in [1.54, 1.807) is 21.1 Å². The largest absolute Gasteiger partial charge is 0.493 e. The number of Topliss-reactive ketones (excluding diaryl/α,β-unsaturated/α-hetero) is 1. The van der Waals surface area contributed by atoms with E-state index in [2.05, 4.69) is 34.7 Å². The van der Waals surface area contributed by atoms with E-state index in [0.29, 0.717) is 13.0 Å². The second-order valence-electron chi connectivity index (χ2n) is 9.01. The van der Waals surface area contributed by atoms with Crippen LogP contribution in [0, 0.1) is 0 Å². The highest BCUT2D eigenvalue weighted by Gasteiger charge is 2.31. The van der Waals surface area contributed by atoms with Gasteiger partial charge in [-0.15, -0.1) is 0 Å². The molecule has 0 amide bonds. The molecule has 6 heteroatoms. The Labute approximate surface area is 208 Å². The van der Waals surface area contributed by atoms with Crippen LogP contribution >= 0.6 is 0 Å². The lowest BCUT2D eigenvalue weighted by molar-refractivity contribution is -0.634. The Morgan fingerprint density at radius 2 is 1.80 bits per heavy atom. The minimum atomic E-state index is 0.256. The van der Waals surface area contributed by atoms with Crippen molar-refractivity contribution in [2.24, 2.45) is 7.05 Å². The third kappa shape index (κ3) is 4.66. The fourth-order valence-corrected chi connectivity index (χ4v) is 5.25. The van der Waals surface area contributed by atoms with Crippen LogP contribution in [0.2, 0.25) is 0 Å². The number of carbonyl (C=O) groups is 1. The predicted octanol–water partition coefficient (Wildman–Crippen LogP) is 5.39. The van der Waals surface area contributed by atoms with Crippen molar-refractivity contribution in [1.82, 2.24) is 0 Å². The van der Waals surface area contributed by atoms with Gasteiger partial charge < -0.3 is 23.9 Å². The van der Waals surface area contributed by atoms with Crippen molar-refractivity contribution >= 4 is 22.4 Å². The Hall–Kier alpha value is -3.28. The smallest absolute Gasteiger partial charge is 0.223 e. The third-order valence-corrected chi connectivity index (χ3v) is 6.85. The maximum Gasteiger partial charge on any atom is 0.223 e. The molecule has 6 nitrogen and oxygen atoms in total. The number of hydrogen-bond donors (Lipinski definition) is 0. The molecule has 3 heterocycles. The molecule has 0 saturated heterocycles. The van der Waals surface area contributed by atoms with E-state index < -0.39 is 0 Å². The molecule has 0 N–H and O–H groups in total. The number of ether oxygens (including phenoxy) is 3. The van der Waals surface area contributed by atoms with E-state index in [0.717, 1.165) is 66.1 Å². The first-order chi connectivity index (χ1) is 17.0. The van der Waals surface area contributed by atoms with Gasteiger partial charge in [-0.2, -0.15) is 4.57 Å². The van der Waals surface area contributed by atoms with Crippen molar-refractivity contribution in [3.8, 4) is 28.5 Å². The number of aryl methyl sites for hydroxylation is 2. The van der Waals surface area contributed by atoms with Crippen molar-refractivity contribution in [2.75, 3.05) is 32.2 Å². The summed E-state index contributed by atoms with van der Waals surface area (Å²) < 4.78 is 19.6. The van der Waals surface area contributed by atoms with Crippen LogP contribution in [-0.4, -0.2) is 33.1 Å². The van der Waals surface area contributed by atoms with Gasteiger partial charge in [-0.3, -0.25) is 0 Å². The van der Waals surface area contributed by atoms with E-state index in [9.17, 15) is 4.79 Å². The number of methoxy groups -OCH3 is 2. The average molecular weight is 478 g/mol. The summed E-state index contributed by atoms with van der Waals surface area (Å²) in [4.78, 5) is 13.8. The van der Waals surface area contributed by atoms with Crippen LogP contribution in [0.4, 0.5) is 5.69 Å². The fraction of sp³-hybridized carbons (Fsp3) is 0.448. The topological polar surface area (TPSA) is 51.9 Å². The number of aromatic nitrogens is 1. The number of pyridine rings is 1. The van der Waals surface area contributed by atoms with Gasteiger partial charge in [0.2, 0.25) is 11.2 Å². The molecule has 0 atom stereocenters. The maximum absolute atomic E-state index is 11.4. The quantitative estimate of drug-likeness (QED) is 0.446. The number of hydrogen-bond acceptors (Lipinski definition) is 5. The zero-order chi connectivity index (χ0) is 25.1. The van der Waals surface area contributed by atoms with Crippen LogP contribution in [0.3, 0.4) is 0 Å². The van der Waals surface area contributed by atoms with Gasteiger partial charge in [-0.1, -0.05) is 13.8 Å². The second-order valence-corrected chi connectivity index (χ2v) is 9.01. The van der Waals surface area contributed by atoms with Gasteiger partial charge in [-0.25, -0.2) is 0 Å². The Balaban J connectivity index is 0.00000141. The molecule has 186 valence electrons. The molecule has 35 heavy (non-hydrogen) atoms. The lowest BCUT2D eigenvalue weighted by Crippen LogP contribution is -2.35. The summed E-state index contributed by atoms with van der Waals surface area (Å²) in [6.45, 7) is 8.13. The van der Waals surface area contributed by atoms with Crippen LogP contribution in [0.1, 0.15) is 51.2 Å². The van der Waals surface area contributed by atoms with E-state index >= 15 is 0 Å². The van der Waals surface area contributed by atoms with Gasteiger partial charge in [-0.05, 0) is 49.9 Å². The standard InChI is InChI=1S/C27H31N2O4.C2H6/c1-17(30)7-5-9-29-10-6-8-18-12-21-24(15-23(18)29)33-16-20-11-19-13-25(31-3)26(32-4)14-22(19)28(2)27(20)21;1-2/h11-15H,5-10,16H2,1-4H3;1-2H3/q+1;. The summed E-state index contributed by atoms with van der Waals surface area (Å²) in [5, 5.41) is 1.09. The molecule has 5 rings (SSSR count). The Morgan fingerprint density at radius 3 is 2.51 bits per heavy atom. The highest BCUT2D eigenvalue weighted by molar-refractivity contribution is 5.85. The van der Waals surface area contributed by atoms with Crippen LogP contribution in [0.5, 0.6) is 17.2 Å². The molecule has 0 radical (unpaired) electrons. The minimum Gasteiger partial charge on any atom is -0.493 e. The van der Waals surface area contributed by atoms with Crippen LogP contribution in [-0.2, 0) is 24.9 Å². The number of carbonyl (C=O) groups excluding carboxylic acids is 1. The van der Waals surface area contributed by atoms with E-state index in [-0.39, 0.29) is 5.78 Å². The molecule has 2 aliphatic rings. The lowest BCUT2D eigenvalue weighted by Gasteiger charge is -2.33. The van der Waals surface area contributed by atoms with Crippen molar-refractivity contribution in [2.45, 2.75) is 53.1 Å². The normalized spacial score (nSPS) is 13.6. The molecule has 2 aliphatic heterocycles. The van der Waals surface area contributed by atoms with Crippen LogP contribution < -0.4 is 23.7 Å². The van der Waals surface area contributed by atoms with Crippen LogP contribution in [0.25, 0.3) is 22.2 Å². The number of rotatable bonds is 6. The number of nitrogens with zero attached hydrogens (tertiary/aromatic N) is 2. The molecule has 0 spiro atoms. The number of fused-ring (bicyclic) bond motifs is 5. The predicted molar refractivity (Wildman–Crippen MR) is 140 cm³/mol. The van der Waals surface area contributed by atoms with Gasteiger partial charge >= 0.3 is 0 Å². The first-order valence-electron chi connectivity index (χ1n) is 12.6. The number of ketones is 1. The molecule has 0 aliphatic carbocycles. The zero-order valence-electron chi connectivity index (χ0n) is 21.9. The summed E-state index contributed by atoms with van der Waals surface area (Å²) >= 11 is 0. The van der Waals surface area contributed by atoms with Gasteiger partial charge in [0.1, 0.15) is 25.2 Å². The zero-order valence-corrected chi connectivity index (χ0v) is 21.9. The first-order valence-corrected chi connectivity index (χ1v) is 12.6. The van der Waals surface area contributed by atoms with Gasteiger partial charge in [0.25, 0.3) is 0 Å². The molecule has 0 unspecified atom stereocenters. The molecular weight excluding hydrogens is 440 g/mol. The first kappa shape index (κ1) is 24.8. The molecule has 0 saturated carbocycles. The SMILES string of the molecule is CC.COc1cc2cc3c([n+](C)c2cc1OC)-c1cc2c(cc1OC3)N(CCCC(C)=O)CCC2. The monoisotopic (exact) mass is 477 g/mol. The second kappa shape index (κ2) is 10.5. The summed E-state index contributed by atoms with van der Waals surface area (Å²) in [6, 6.07) is 10.8. The van der Waals surface area contributed by atoms with Gasteiger partial charge in [0.05, 0.1) is 36.8 Å². The molecule has 1 aromatic heterocycles. The molecule has 0 bridgehead atoms. The molecular formula is C29H37N2O4+. The highest BCUT2D eigenvalue weighted by atomic mass is 16.5. The third-order valence-electron chi connectivity index (χ3n) is 6.85. The van der Waals surface area contributed by atoms with Crippen molar-refractivity contribution < 1.29 is 23.6 Å². The Bertz CT molecular complexity index is 1250. The molecule has 3 aromatic rings. The summed E-state index contributed by atoms with van der Waals surface area (Å²) in [6.07, 6.45) is 3.71. The number of benzene rings is 2. The Morgan fingerprint density at radius 1 is 1.06 bits per heavy atom. The van der Waals surface area contributed by atoms with Crippen molar-refractivity contribution in [1.29, 1.82) is 0 Å². The summed E-state index contributed by atoms with van der Waals surface area (Å²) in [5.74, 6) is 2.63. The van der Waals surface area contributed by atoms with Gasteiger partial charge in [0, 0.05) is 31.3 Å². The summed E-state index contributed by atoms with van der Waals surface area (Å²) in [7, 11) is 5.43. The van der Waals surface area contributed by atoms with Crippen molar-refractivity contribution in [3.63, 3.8) is 0 Å². The van der Waals surface area contributed by atoms with E-state index in [4.69, 9.17) is 14.2 Å². The van der Waals surface area contributed by atoms with Crippen LogP contribution in [0.15, 0.2) is 30.3 Å². The summed E-state index contributed by atoms with van der Waals surface area (Å²) in [5.41, 5.74) is 7.18. The fourth-order valence-electron chi connectivity index (χ4n) is 5.25. The average Bonchev–Trinajstić information content (AvgIpc) is 2.87.